The number of carbonyl (C=O) groups is 2. The van der Waals surface area contributed by atoms with Crippen LogP contribution < -0.4 is 5.32 Å². The number of nitrogens with one attached hydrogen (secondary N) is 1. The van der Waals surface area contributed by atoms with Crippen molar-refractivity contribution in [3.8, 4) is 17.1 Å². The topological polar surface area (TPSA) is 89.8 Å². The van der Waals surface area contributed by atoms with Crippen LogP contribution in [0.15, 0.2) is 78.2 Å². The molecule has 1 amide bonds. The molecule has 0 saturated heterocycles. The molecule has 0 saturated carbocycles. The van der Waals surface area contributed by atoms with Gasteiger partial charge in [-0.1, -0.05) is 30.8 Å². The summed E-state index contributed by atoms with van der Waals surface area (Å²) < 4.78 is 1.95. The lowest BCUT2D eigenvalue weighted by atomic mass is 10.1. The predicted molar refractivity (Wildman–Crippen MR) is 130 cm³/mol. The van der Waals surface area contributed by atoms with Crippen molar-refractivity contribution in [1.29, 1.82) is 0 Å². The summed E-state index contributed by atoms with van der Waals surface area (Å²) in [5, 5.41) is 12.2. The summed E-state index contributed by atoms with van der Waals surface area (Å²) in [4.78, 5) is 28.0. The monoisotopic (exact) mass is 457 g/mol. The first-order valence-corrected chi connectivity index (χ1v) is 11.5. The first-order chi connectivity index (χ1) is 16.0. The molecular formula is C25H23N5O2S. The third-order valence-corrected chi connectivity index (χ3v) is 6.01. The average molecular weight is 458 g/mol. The first-order valence-electron chi connectivity index (χ1n) is 10.5. The van der Waals surface area contributed by atoms with E-state index < -0.39 is 0 Å². The summed E-state index contributed by atoms with van der Waals surface area (Å²) in [5.74, 6) is 0.664. The van der Waals surface area contributed by atoms with Crippen LogP contribution in [0.5, 0.6) is 0 Å². The van der Waals surface area contributed by atoms with Gasteiger partial charge in [-0.2, -0.15) is 0 Å². The second-order valence-corrected chi connectivity index (χ2v) is 8.31. The maximum absolute atomic E-state index is 12.5. The number of anilines is 1. The van der Waals surface area contributed by atoms with E-state index in [9.17, 15) is 9.59 Å². The molecule has 2 heterocycles. The Labute approximate surface area is 196 Å². The van der Waals surface area contributed by atoms with Crippen molar-refractivity contribution in [3.63, 3.8) is 0 Å². The number of aromatic nitrogens is 4. The lowest BCUT2D eigenvalue weighted by molar-refractivity contribution is -0.113. The van der Waals surface area contributed by atoms with Gasteiger partial charge >= 0.3 is 0 Å². The number of pyridine rings is 1. The number of Topliss-reactive ketones (excluding diaryl/α,β-unsaturated/α-hetero) is 1. The molecular weight excluding hydrogens is 434 g/mol. The smallest absolute Gasteiger partial charge is 0.234 e. The Kier molecular flexibility index (Phi) is 6.95. The lowest BCUT2D eigenvalue weighted by Gasteiger charge is -2.11. The van der Waals surface area contributed by atoms with E-state index in [1.807, 2.05) is 28.8 Å². The van der Waals surface area contributed by atoms with Gasteiger partial charge in [0.2, 0.25) is 5.91 Å². The summed E-state index contributed by atoms with van der Waals surface area (Å²) >= 11 is 1.31. The highest BCUT2D eigenvalue weighted by atomic mass is 32.2. The fourth-order valence-corrected chi connectivity index (χ4v) is 4.03. The molecule has 0 unspecified atom stereocenters. The van der Waals surface area contributed by atoms with Gasteiger partial charge in [-0.3, -0.25) is 19.1 Å². The summed E-state index contributed by atoms with van der Waals surface area (Å²) in [6.45, 7) is 3.63. The number of rotatable bonds is 8. The predicted octanol–water partition coefficient (Wildman–Crippen LogP) is 4.83. The van der Waals surface area contributed by atoms with Gasteiger partial charge < -0.3 is 5.32 Å². The van der Waals surface area contributed by atoms with Crippen LogP contribution in [0.4, 0.5) is 5.69 Å². The van der Waals surface area contributed by atoms with Crippen LogP contribution in [-0.4, -0.2) is 37.2 Å². The van der Waals surface area contributed by atoms with E-state index in [1.165, 1.54) is 24.2 Å². The normalized spacial score (nSPS) is 10.7. The standard InChI is InChI=1S/C25H23N5O2S/c1-3-18-4-10-22(11-5-18)30-24(20-12-14-26-15-13-20)28-29-25(30)33-16-23(32)27-21-8-6-19(7-9-21)17(2)31/h4-15H,3,16H2,1-2H3,(H,27,32). The number of thioether (sulfide) groups is 1. The van der Waals surface area contributed by atoms with E-state index in [-0.39, 0.29) is 17.4 Å². The van der Waals surface area contributed by atoms with Crippen molar-refractivity contribution in [1.82, 2.24) is 19.7 Å². The Balaban J connectivity index is 1.55. The maximum atomic E-state index is 12.5. The molecule has 33 heavy (non-hydrogen) atoms. The van der Waals surface area contributed by atoms with Crippen LogP contribution in [-0.2, 0) is 11.2 Å². The molecule has 0 bridgehead atoms. The lowest BCUT2D eigenvalue weighted by Crippen LogP contribution is -2.14. The summed E-state index contributed by atoms with van der Waals surface area (Å²) in [7, 11) is 0. The average Bonchev–Trinajstić information content (AvgIpc) is 3.27. The van der Waals surface area contributed by atoms with E-state index in [0.29, 0.717) is 22.2 Å². The molecule has 7 nitrogen and oxygen atoms in total. The minimum absolute atomic E-state index is 0.0141. The van der Waals surface area contributed by atoms with E-state index in [1.54, 1.807) is 36.7 Å². The molecule has 1 N–H and O–H groups in total. The number of benzene rings is 2. The number of carbonyl (C=O) groups excluding carboxylic acids is 2. The molecule has 0 radical (unpaired) electrons. The van der Waals surface area contributed by atoms with Crippen LogP contribution in [0, 0.1) is 0 Å². The zero-order chi connectivity index (χ0) is 23.2. The fourth-order valence-electron chi connectivity index (χ4n) is 3.28. The van der Waals surface area contributed by atoms with Crippen molar-refractivity contribution < 1.29 is 9.59 Å². The van der Waals surface area contributed by atoms with Crippen molar-refractivity contribution in [2.75, 3.05) is 11.1 Å². The second-order valence-electron chi connectivity index (χ2n) is 7.37. The molecule has 2 aromatic carbocycles. The van der Waals surface area contributed by atoms with Crippen LogP contribution in [0.3, 0.4) is 0 Å². The highest BCUT2D eigenvalue weighted by Crippen LogP contribution is 2.28. The fraction of sp³-hybridized carbons (Fsp3) is 0.160. The SMILES string of the molecule is CCc1ccc(-n2c(SCC(=O)Nc3ccc(C(C)=O)cc3)nnc2-c2ccncc2)cc1. The van der Waals surface area contributed by atoms with Gasteiger partial charge in [-0.15, -0.1) is 10.2 Å². The highest BCUT2D eigenvalue weighted by molar-refractivity contribution is 7.99. The zero-order valence-electron chi connectivity index (χ0n) is 18.4. The quantitative estimate of drug-likeness (QED) is 0.301. The third-order valence-electron chi connectivity index (χ3n) is 5.08. The Morgan fingerprint density at radius 2 is 1.64 bits per heavy atom. The number of hydrogen-bond acceptors (Lipinski definition) is 6. The maximum Gasteiger partial charge on any atom is 0.234 e. The van der Waals surface area contributed by atoms with Gasteiger partial charge in [-0.05, 0) is 67.4 Å². The molecule has 4 aromatic rings. The van der Waals surface area contributed by atoms with E-state index in [4.69, 9.17) is 0 Å². The molecule has 0 aliphatic heterocycles. The molecule has 4 rings (SSSR count). The van der Waals surface area contributed by atoms with Crippen molar-refractivity contribution in [2.45, 2.75) is 25.4 Å². The van der Waals surface area contributed by atoms with Crippen LogP contribution >= 0.6 is 11.8 Å². The summed E-state index contributed by atoms with van der Waals surface area (Å²) in [6, 6.07) is 18.8. The van der Waals surface area contributed by atoms with Crippen molar-refractivity contribution in [3.05, 3.63) is 84.2 Å². The Hall–Kier alpha value is -3.78. The van der Waals surface area contributed by atoms with Gasteiger partial charge in [0, 0.05) is 34.9 Å². The molecule has 0 aliphatic rings. The molecule has 0 spiro atoms. The minimum atomic E-state index is -0.170. The Morgan fingerprint density at radius 3 is 2.27 bits per heavy atom. The van der Waals surface area contributed by atoms with Crippen LogP contribution in [0.1, 0.15) is 29.8 Å². The van der Waals surface area contributed by atoms with Crippen molar-refractivity contribution >= 4 is 29.1 Å². The second kappa shape index (κ2) is 10.2. The highest BCUT2D eigenvalue weighted by Gasteiger charge is 2.17. The molecule has 0 aliphatic carbocycles. The van der Waals surface area contributed by atoms with Gasteiger partial charge in [0.15, 0.2) is 16.8 Å². The van der Waals surface area contributed by atoms with E-state index >= 15 is 0 Å². The third kappa shape index (κ3) is 5.35. The van der Waals surface area contributed by atoms with Gasteiger partial charge in [-0.25, -0.2) is 0 Å². The molecule has 0 fully saturated rings. The molecule has 0 atom stereocenters. The van der Waals surface area contributed by atoms with Gasteiger partial charge in [0.25, 0.3) is 0 Å². The summed E-state index contributed by atoms with van der Waals surface area (Å²) in [6.07, 6.45) is 4.38. The van der Waals surface area contributed by atoms with E-state index in [0.717, 1.165) is 17.7 Å². The number of ketones is 1. The number of amides is 1. The largest absolute Gasteiger partial charge is 0.325 e. The van der Waals surface area contributed by atoms with E-state index in [2.05, 4.69) is 39.6 Å². The Morgan fingerprint density at radius 1 is 0.939 bits per heavy atom. The van der Waals surface area contributed by atoms with Gasteiger partial charge in [0.1, 0.15) is 0 Å². The number of aryl methyl sites for hydroxylation is 1. The van der Waals surface area contributed by atoms with Gasteiger partial charge in [0.05, 0.1) is 5.75 Å². The number of nitrogens with zero attached hydrogens (tertiary/aromatic N) is 4. The Bertz CT molecular complexity index is 1250. The van der Waals surface area contributed by atoms with Crippen LogP contribution in [0.25, 0.3) is 17.1 Å². The molecule has 2 aromatic heterocycles. The molecule has 166 valence electrons. The zero-order valence-corrected chi connectivity index (χ0v) is 19.2. The molecule has 8 heteroatoms. The first kappa shape index (κ1) is 22.4. The minimum Gasteiger partial charge on any atom is -0.325 e. The number of hydrogen-bond donors (Lipinski definition) is 1. The van der Waals surface area contributed by atoms with Crippen LogP contribution in [0.2, 0.25) is 0 Å². The van der Waals surface area contributed by atoms with Crippen molar-refractivity contribution in [2.24, 2.45) is 0 Å². The summed E-state index contributed by atoms with van der Waals surface area (Å²) in [5.41, 5.74) is 4.29.